The van der Waals surface area contributed by atoms with Crippen molar-refractivity contribution in [3.63, 3.8) is 0 Å². The summed E-state index contributed by atoms with van der Waals surface area (Å²) in [4.78, 5) is 0. The van der Waals surface area contributed by atoms with E-state index in [1.54, 1.807) is 0 Å². The van der Waals surface area contributed by atoms with Crippen molar-refractivity contribution in [3.8, 4) is 0 Å². The maximum atomic E-state index is 4.12. The van der Waals surface area contributed by atoms with Crippen molar-refractivity contribution in [1.82, 2.24) is 0 Å². The highest BCUT2D eigenvalue weighted by molar-refractivity contribution is 4.90. The lowest BCUT2D eigenvalue weighted by atomic mass is 9.60. The third-order valence-electron chi connectivity index (χ3n) is 3.72. The maximum Gasteiger partial charge on any atom is -0.0390 e. The first-order chi connectivity index (χ1) is 5.04. The van der Waals surface area contributed by atoms with Gasteiger partial charge in [-0.25, -0.2) is 0 Å². The molecule has 0 aromatic carbocycles. The van der Waals surface area contributed by atoms with E-state index in [1.807, 2.05) is 0 Å². The molecule has 0 amide bonds. The first kappa shape index (κ1) is 9.09. The van der Waals surface area contributed by atoms with Crippen LogP contribution < -0.4 is 0 Å². The van der Waals surface area contributed by atoms with E-state index >= 15 is 0 Å². The van der Waals surface area contributed by atoms with Crippen LogP contribution in [-0.2, 0) is 0 Å². The molecule has 1 saturated carbocycles. The zero-order chi connectivity index (χ0) is 8.59. The normalized spacial score (nSPS) is 40.4. The van der Waals surface area contributed by atoms with Crippen LogP contribution in [-0.4, -0.2) is 0 Å². The highest BCUT2D eigenvalue weighted by Gasteiger charge is 2.34. The van der Waals surface area contributed by atoms with E-state index in [4.69, 9.17) is 0 Å². The minimum absolute atomic E-state index is 0.737. The van der Waals surface area contributed by atoms with Gasteiger partial charge in [0.1, 0.15) is 0 Å². The van der Waals surface area contributed by atoms with E-state index in [0.717, 1.165) is 29.6 Å². The lowest BCUT2D eigenvalue weighted by Crippen LogP contribution is -2.38. The zero-order valence-electron chi connectivity index (χ0n) is 8.30. The van der Waals surface area contributed by atoms with E-state index in [0.29, 0.717) is 0 Å². The van der Waals surface area contributed by atoms with Crippen molar-refractivity contribution in [3.05, 3.63) is 6.92 Å². The Kier molecular flexibility index (Phi) is 2.61. The van der Waals surface area contributed by atoms with Gasteiger partial charge in [0.2, 0.25) is 0 Å². The first-order valence-corrected chi connectivity index (χ1v) is 4.87. The molecule has 0 N–H and O–H groups in total. The van der Waals surface area contributed by atoms with Gasteiger partial charge in [-0.15, -0.1) is 0 Å². The van der Waals surface area contributed by atoms with Gasteiger partial charge in [-0.1, -0.05) is 40.0 Å². The molecular weight excluding hydrogens is 132 g/mol. The molecule has 1 aliphatic rings. The molecule has 0 aliphatic heterocycles. The average molecular weight is 153 g/mol. The number of rotatable bonds is 2. The van der Waals surface area contributed by atoms with Crippen molar-refractivity contribution in [1.29, 1.82) is 0 Å². The Hall–Kier alpha value is 0. The summed E-state index contributed by atoms with van der Waals surface area (Å²) in [6.45, 7) is 13.5. The van der Waals surface area contributed by atoms with Crippen molar-refractivity contribution in [2.75, 3.05) is 0 Å². The van der Waals surface area contributed by atoms with Crippen molar-refractivity contribution in [2.24, 2.45) is 29.6 Å². The molecule has 11 heavy (non-hydrogen) atoms. The Morgan fingerprint density at radius 1 is 1.27 bits per heavy atom. The Bertz CT molecular complexity index is 126. The van der Waals surface area contributed by atoms with Crippen molar-refractivity contribution >= 4 is 0 Å². The zero-order valence-corrected chi connectivity index (χ0v) is 8.30. The lowest BCUT2D eigenvalue weighted by molar-refractivity contribution is 0.0511. The molecule has 0 aromatic heterocycles. The van der Waals surface area contributed by atoms with E-state index in [1.165, 1.54) is 6.42 Å². The minimum Gasteiger partial charge on any atom is -0.340 e. The third kappa shape index (κ3) is 1.60. The summed E-state index contributed by atoms with van der Waals surface area (Å²) in [6.07, 6.45) is 1.36. The molecule has 0 nitrogen and oxygen atoms in total. The highest BCUT2D eigenvalue weighted by atomic mass is 14.4. The fourth-order valence-corrected chi connectivity index (χ4v) is 2.12. The van der Waals surface area contributed by atoms with Crippen LogP contribution in [0.3, 0.4) is 0 Å². The quantitative estimate of drug-likeness (QED) is 0.533. The van der Waals surface area contributed by atoms with Gasteiger partial charge in [0.15, 0.2) is 0 Å². The Morgan fingerprint density at radius 2 is 1.82 bits per heavy atom. The molecule has 66 valence electrons. The standard InChI is InChI=1S/C11H21/c1-7(2)9(4)11-6-8(3)10(11)5/h7-11H,3,6H2,1-2,4-5H3/q-1. The second-order valence-corrected chi connectivity index (χ2v) is 4.62. The largest absolute Gasteiger partial charge is 0.340 e. The summed E-state index contributed by atoms with van der Waals surface area (Å²) in [7, 11) is 0. The van der Waals surface area contributed by atoms with Crippen LogP contribution in [0, 0.1) is 36.5 Å². The summed E-state index contributed by atoms with van der Waals surface area (Å²) in [5, 5.41) is 0. The minimum atomic E-state index is 0.737. The summed E-state index contributed by atoms with van der Waals surface area (Å²) < 4.78 is 0. The van der Waals surface area contributed by atoms with Crippen LogP contribution in [0.4, 0.5) is 0 Å². The van der Waals surface area contributed by atoms with Crippen LogP contribution in [0.2, 0.25) is 0 Å². The number of hydrogen-bond acceptors (Lipinski definition) is 0. The molecule has 0 aromatic rings. The van der Waals surface area contributed by atoms with E-state index < -0.39 is 0 Å². The van der Waals surface area contributed by atoms with Crippen molar-refractivity contribution in [2.45, 2.75) is 34.1 Å². The molecule has 4 unspecified atom stereocenters. The average Bonchev–Trinajstić information content (AvgIpc) is 1.98. The van der Waals surface area contributed by atoms with Gasteiger partial charge in [0.25, 0.3) is 0 Å². The molecule has 4 atom stereocenters. The molecule has 1 rings (SSSR count). The maximum absolute atomic E-state index is 4.12. The smallest absolute Gasteiger partial charge is 0.0390 e. The van der Waals surface area contributed by atoms with Crippen LogP contribution in [0.25, 0.3) is 0 Å². The van der Waals surface area contributed by atoms with Gasteiger partial charge in [-0.2, -0.15) is 5.92 Å². The van der Waals surface area contributed by atoms with Crippen molar-refractivity contribution < 1.29 is 0 Å². The van der Waals surface area contributed by atoms with Gasteiger partial charge in [-0.3, -0.25) is 0 Å². The summed E-state index contributed by atoms with van der Waals surface area (Å²) in [6, 6.07) is 0. The predicted octanol–water partition coefficient (Wildman–Crippen LogP) is 3.38. The fraction of sp³-hybridized carbons (Fsp3) is 0.909. The van der Waals surface area contributed by atoms with Crippen LogP contribution >= 0.6 is 0 Å². The topological polar surface area (TPSA) is 0 Å². The Labute approximate surface area is 71.4 Å². The first-order valence-electron chi connectivity index (χ1n) is 4.87. The van der Waals surface area contributed by atoms with Crippen LogP contribution in [0.1, 0.15) is 34.1 Å². The fourth-order valence-electron chi connectivity index (χ4n) is 2.12. The molecule has 0 bridgehead atoms. The highest BCUT2D eigenvalue weighted by Crippen LogP contribution is 2.45. The van der Waals surface area contributed by atoms with Gasteiger partial charge in [0, 0.05) is 0 Å². The van der Waals surface area contributed by atoms with E-state index in [-0.39, 0.29) is 0 Å². The Morgan fingerprint density at radius 3 is 2.09 bits per heavy atom. The summed E-state index contributed by atoms with van der Waals surface area (Å²) >= 11 is 0. The molecule has 0 saturated heterocycles. The van der Waals surface area contributed by atoms with Crippen LogP contribution in [0.5, 0.6) is 0 Å². The summed E-state index contributed by atoms with van der Waals surface area (Å²) in [5.41, 5.74) is 0. The van der Waals surface area contributed by atoms with Gasteiger partial charge in [0.05, 0.1) is 0 Å². The molecule has 0 heteroatoms. The SMILES string of the molecule is [CH2-]C1CC(C(C)C(C)C)C1C. The number of hydrogen-bond donors (Lipinski definition) is 0. The van der Waals surface area contributed by atoms with Gasteiger partial charge < -0.3 is 6.92 Å². The molecule has 0 radical (unpaired) electrons. The monoisotopic (exact) mass is 153 g/mol. The molecule has 1 aliphatic carbocycles. The van der Waals surface area contributed by atoms with E-state index in [9.17, 15) is 0 Å². The van der Waals surface area contributed by atoms with Crippen LogP contribution in [0.15, 0.2) is 0 Å². The van der Waals surface area contributed by atoms with Gasteiger partial charge >= 0.3 is 0 Å². The lowest BCUT2D eigenvalue weighted by Gasteiger charge is -2.50. The molecular formula is C11H21-. The Balaban J connectivity index is 2.39. The second kappa shape index (κ2) is 3.16. The van der Waals surface area contributed by atoms with Gasteiger partial charge in [-0.05, 0) is 17.8 Å². The molecule has 0 spiro atoms. The molecule has 0 heterocycles. The third-order valence-corrected chi connectivity index (χ3v) is 3.72. The second-order valence-electron chi connectivity index (χ2n) is 4.62. The summed E-state index contributed by atoms with van der Waals surface area (Å²) in [5.74, 6) is 4.30. The molecule has 1 fully saturated rings. The van der Waals surface area contributed by atoms with E-state index in [2.05, 4.69) is 34.6 Å². The predicted molar refractivity (Wildman–Crippen MR) is 50.1 cm³/mol.